The number of aromatic nitrogens is 1. The van der Waals surface area contributed by atoms with E-state index in [-0.39, 0.29) is 59.4 Å². The van der Waals surface area contributed by atoms with E-state index in [1.54, 1.807) is 42.5 Å². The van der Waals surface area contributed by atoms with Crippen molar-refractivity contribution in [2.75, 3.05) is 5.73 Å². The second kappa shape index (κ2) is 13.8. The number of nitrogens with one attached hydrogen (secondary N) is 3. The number of amidine groups is 1. The topological polar surface area (TPSA) is 172 Å². The maximum atomic E-state index is 13.4. The molecule has 0 unspecified atom stereocenters. The third-order valence-electron chi connectivity index (χ3n) is 7.95. The number of amides is 2. The van der Waals surface area contributed by atoms with Crippen LogP contribution in [0.5, 0.6) is 0 Å². The number of carbonyl (C=O) groups excluding carboxylic acids is 2. The third kappa shape index (κ3) is 7.98. The average Bonchev–Trinajstić information content (AvgIpc) is 3.01. The van der Waals surface area contributed by atoms with Crippen LogP contribution in [0.1, 0.15) is 57.6 Å². The quantitative estimate of drug-likeness (QED) is 0.0644. The van der Waals surface area contributed by atoms with E-state index in [0.717, 1.165) is 35.6 Å². The molecule has 1 saturated carbocycles. The van der Waals surface area contributed by atoms with E-state index in [9.17, 15) is 28.0 Å². The molecule has 1 fully saturated rings. The van der Waals surface area contributed by atoms with Crippen molar-refractivity contribution in [3.8, 4) is 11.1 Å². The first-order valence-corrected chi connectivity index (χ1v) is 14.9. The number of nitrogens with two attached hydrogens (primary N) is 2. The molecule has 10 nitrogen and oxygen atoms in total. The smallest absolute Gasteiger partial charge is 0.416 e. The van der Waals surface area contributed by atoms with Gasteiger partial charge in [-0.25, -0.2) is 0 Å². The van der Waals surface area contributed by atoms with Gasteiger partial charge in [0, 0.05) is 35.5 Å². The number of anilines is 1. The van der Waals surface area contributed by atoms with Crippen LogP contribution in [0, 0.1) is 5.41 Å². The Kier molecular flexibility index (Phi) is 9.64. The lowest BCUT2D eigenvalue weighted by Gasteiger charge is -2.21. The summed E-state index contributed by atoms with van der Waals surface area (Å²) in [5, 5.41) is 24.2. The monoisotopic (exact) mass is 645 g/mol. The van der Waals surface area contributed by atoms with E-state index < -0.39 is 23.6 Å². The zero-order chi connectivity index (χ0) is 33.7. The van der Waals surface area contributed by atoms with E-state index >= 15 is 0 Å². The molecule has 2 amide bonds. The van der Waals surface area contributed by atoms with Crippen molar-refractivity contribution in [3.63, 3.8) is 0 Å². The van der Waals surface area contributed by atoms with Gasteiger partial charge in [-0.3, -0.25) is 20.0 Å². The van der Waals surface area contributed by atoms with Crippen LogP contribution in [-0.4, -0.2) is 33.6 Å². The fourth-order valence-corrected chi connectivity index (χ4v) is 5.19. The van der Waals surface area contributed by atoms with Gasteiger partial charge in [0.25, 0.3) is 5.91 Å². The first kappa shape index (κ1) is 32.8. The van der Waals surface area contributed by atoms with E-state index in [2.05, 4.69) is 15.6 Å². The minimum Gasteiger partial charge on any atom is -0.427 e. The lowest BCUT2D eigenvalue weighted by atomic mass is 9.94. The highest BCUT2D eigenvalue weighted by Crippen LogP contribution is 2.32. The molecule has 0 spiro atoms. The van der Waals surface area contributed by atoms with Gasteiger partial charge in [0.15, 0.2) is 5.49 Å². The van der Waals surface area contributed by atoms with Crippen LogP contribution in [0.15, 0.2) is 83.9 Å². The molecule has 1 heterocycles. The van der Waals surface area contributed by atoms with Crippen molar-refractivity contribution in [3.05, 3.63) is 118 Å². The number of hydrogen-bond donors (Lipinski definition) is 6. The average molecular weight is 646 g/mol. The molecule has 5 rings (SSSR count). The summed E-state index contributed by atoms with van der Waals surface area (Å²) < 4.78 is 41.2. The maximum Gasteiger partial charge on any atom is 0.416 e. The molecule has 0 aliphatic heterocycles. The number of nitrogens with zero attached hydrogens (tertiary/aromatic N) is 2. The standard InChI is InChI=1S/C34H34F3N7O3/c35-34(36,37)28-7-2-1-4-22(28)19-42-33(46)24-14-23(15-25(38)16-24)27-12-13-30(43-26-5-3-6-26)44(47)29(27)17-31(45)41-18-20-8-10-21(11-9-20)32(39)40/h1-2,4,7-16,26,47H,3,5-6,17-19,38H2,(H3,39,40)(H,41,45)(H,42,46). The Morgan fingerprint density at radius 1 is 0.957 bits per heavy atom. The molecule has 1 aliphatic carbocycles. The van der Waals surface area contributed by atoms with Gasteiger partial charge < -0.3 is 27.3 Å². The van der Waals surface area contributed by atoms with Gasteiger partial charge in [-0.15, -0.1) is 0 Å². The van der Waals surface area contributed by atoms with Crippen molar-refractivity contribution < 1.29 is 28.0 Å². The van der Waals surface area contributed by atoms with Crippen molar-refractivity contribution in [2.24, 2.45) is 10.7 Å². The SMILES string of the molecule is N=C(N)c1ccc(CNC(=O)Cc2c(-c3cc(N)cc(C(=O)NCc4ccccc4C(F)(F)F)c3)ccc(=NC3CCC3)n2O)cc1. The Morgan fingerprint density at radius 3 is 2.34 bits per heavy atom. The van der Waals surface area contributed by atoms with Crippen molar-refractivity contribution in [1.82, 2.24) is 15.4 Å². The van der Waals surface area contributed by atoms with E-state index in [0.29, 0.717) is 16.7 Å². The van der Waals surface area contributed by atoms with Gasteiger partial charge in [0.1, 0.15) is 5.84 Å². The number of carbonyl (C=O) groups is 2. The predicted octanol–water partition coefficient (Wildman–Crippen LogP) is 4.52. The van der Waals surface area contributed by atoms with Crippen molar-refractivity contribution >= 4 is 23.3 Å². The molecule has 1 aromatic heterocycles. The minimum absolute atomic E-state index is 0.0593. The summed E-state index contributed by atoms with van der Waals surface area (Å²) in [7, 11) is 0. The third-order valence-corrected chi connectivity index (χ3v) is 7.95. The zero-order valence-corrected chi connectivity index (χ0v) is 25.3. The number of halogens is 3. The number of rotatable bonds is 10. The summed E-state index contributed by atoms with van der Waals surface area (Å²) in [6.45, 7) is -0.181. The van der Waals surface area contributed by atoms with Crippen LogP contribution in [0.2, 0.25) is 0 Å². The van der Waals surface area contributed by atoms with Crippen molar-refractivity contribution in [1.29, 1.82) is 5.41 Å². The van der Waals surface area contributed by atoms with Crippen LogP contribution >= 0.6 is 0 Å². The van der Waals surface area contributed by atoms with E-state index in [1.165, 1.54) is 30.3 Å². The largest absolute Gasteiger partial charge is 0.427 e. The Morgan fingerprint density at radius 2 is 1.68 bits per heavy atom. The molecule has 0 saturated heterocycles. The van der Waals surface area contributed by atoms with Crippen LogP contribution in [-0.2, 0) is 30.5 Å². The first-order valence-electron chi connectivity index (χ1n) is 14.9. The van der Waals surface area contributed by atoms with Gasteiger partial charge >= 0.3 is 6.18 Å². The maximum absolute atomic E-state index is 13.4. The highest BCUT2D eigenvalue weighted by Gasteiger charge is 2.33. The number of benzene rings is 3. The minimum atomic E-state index is -4.58. The molecule has 0 bridgehead atoms. The van der Waals surface area contributed by atoms with Crippen molar-refractivity contribution in [2.45, 2.75) is 51.0 Å². The Balaban J connectivity index is 1.41. The molecule has 13 heteroatoms. The van der Waals surface area contributed by atoms with Gasteiger partial charge in [0.05, 0.1) is 23.7 Å². The summed E-state index contributed by atoms with van der Waals surface area (Å²) in [4.78, 5) is 30.9. The number of nitrogen functional groups attached to an aromatic ring is 2. The first-order chi connectivity index (χ1) is 22.4. The number of alkyl halides is 3. The van der Waals surface area contributed by atoms with E-state index in [1.807, 2.05) is 0 Å². The molecule has 47 heavy (non-hydrogen) atoms. The van der Waals surface area contributed by atoms with Crippen LogP contribution in [0.4, 0.5) is 18.9 Å². The van der Waals surface area contributed by atoms with Crippen LogP contribution in [0.3, 0.4) is 0 Å². The molecule has 4 aromatic rings. The summed E-state index contributed by atoms with van der Waals surface area (Å²) >= 11 is 0. The molecular formula is C34H34F3N7O3. The van der Waals surface area contributed by atoms with Crippen LogP contribution < -0.4 is 27.6 Å². The number of pyridine rings is 1. The zero-order valence-electron chi connectivity index (χ0n) is 25.3. The number of hydrogen-bond acceptors (Lipinski definition) is 6. The molecular weight excluding hydrogens is 611 g/mol. The fourth-order valence-electron chi connectivity index (χ4n) is 5.19. The van der Waals surface area contributed by atoms with Crippen LogP contribution in [0.25, 0.3) is 11.1 Å². The second-order valence-corrected chi connectivity index (χ2v) is 11.3. The molecule has 3 aromatic carbocycles. The highest BCUT2D eigenvalue weighted by atomic mass is 19.4. The van der Waals surface area contributed by atoms with Gasteiger partial charge in [0.2, 0.25) is 5.91 Å². The lowest BCUT2D eigenvalue weighted by molar-refractivity contribution is -0.138. The normalized spacial score (nSPS) is 13.6. The van der Waals surface area contributed by atoms with Gasteiger partial charge in [-0.05, 0) is 72.4 Å². The molecule has 244 valence electrons. The predicted molar refractivity (Wildman–Crippen MR) is 170 cm³/mol. The summed E-state index contributed by atoms with van der Waals surface area (Å²) in [6, 6.07) is 19.7. The summed E-state index contributed by atoms with van der Waals surface area (Å²) in [6.07, 6.45) is -2.01. The summed E-state index contributed by atoms with van der Waals surface area (Å²) in [5.41, 5.74) is 13.6. The Labute approximate surface area is 268 Å². The summed E-state index contributed by atoms with van der Waals surface area (Å²) in [5.74, 6) is -1.13. The lowest BCUT2D eigenvalue weighted by Crippen LogP contribution is -2.31. The molecule has 0 radical (unpaired) electrons. The van der Waals surface area contributed by atoms with Gasteiger partial charge in [-0.2, -0.15) is 17.9 Å². The molecule has 0 atom stereocenters. The van der Waals surface area contributed by atoms with Gasteiger partial charge in [-0.1, -0.05) is 42.5 Å². The molecule has 1 aliphatic rings. The Hall–Kier alpha value is -5.59. The fraction of sp³-hybridized carbons (Fsp3) is 0.235. The molecule has 8 N–H and O–H groups in total. The Bertz CT molecular complexity index is 1880. The second-order valence-electron chi connectivity index (χ2n) is 11.3. The highest BCUT2D eigenvalue weighted by molar-refractivity contribution is 5.97. The van der Waals surface area contributed by atoms with E-state index in [4.69, 9.17) is 16.9 Å².